The van der Waals surface area contributed by atoms with Gasteiger partial charge in [-0.1, -0.05) is 18.2 Å². The summed E-state index contributed by atoms with van der Waals surface area (Å²) >= 11 is 5.03. The van der Waals surface area contributed by atoms with Crippen LogP contribution in [0.4, 0.5) is 5.69 Å². The molecule has 0 aliphatic carbocycles. The second kappa shape index (κ2) is 6.73. The number of carbonyl (C=O) groups is 1. The lowest BCUT2D eigenvalue weighted by Gasteiger charge is -2.06. The van der Waals surface area contributed by atoms with Crippen LogP contribution >= 0.6 is 27.3 Å². The van der Waals surface area contributed by atoms with Crippen LogP contribution in [0.1, 0.15) is 16.9 Å². The van der Waals surface area contributed by atoms with Crippen molar-refractivity contribution < 1.29 is 4.79 Å². The van der Waals surface area contributed by atoms with Crippen molar-refractivity contribution in [3.05, 3.63) is 50.6 Å². The third-order valence-corrected chi connectivity index (χ3v) is 4.39. The molecule has 2 aromatic rings. The van der Waals surface area contributed by atoms with E-state index in [0.717, 1.165) is 19.9 Å². The minimum absolute atomic E-state index is 0.0489. The highest BCUT2D eigenvalue weighted by Crippen LogP contribution is 2.21. The zero-order valence-corrected chi connectivity index (χ0v) is 12.8. The molecule has 1 heterocycles. The first-order chi connectivity index (χ1) is 9.15. The molecule has 1 amide bonds. The van der Waals surface area contributed by atoms with Gasteiger partial charge in [-0.15, -0.1) is 11.3 Å². The Bertz CT molecular complexity index is 568. The maximum Gasteiger partial charge on any atom is 0.220 e. The second-order valence-electron chi connectivity index (χ2n) is 4.18. The molecule has 0 saturated heterocycles. The third-order valence-electron chi connectivity index (χ3n) is 2.77. The number of amides is 1. The number of rotatable bonds is 5. The van der Waals surface area contributed by atoms with Crippen LogP contribution in [0.25, 0.3) is 0 Å². The van der Waals surface area contributed by atoms with Crippen LogP contribution in [0.5, 0.6) is 0 Å². The Labute approximate surface area is 125 Å². The number of thiophene rings is 1. The summed E-state index contributed by atoms with van der Waals surface area (Å²) in [5.41, 5.74) is 7.61. The van der Waals surface area contributed by atoms with Crippen molar-refractivity contribution >= 4 is 38.9 Å². The number of benzene rings is 1. The van der Waals surface area contributed by atoms with Crippen molar-refractivity contribution in [1.82, 2.24) is 5.32 Å². The van der Waals surface area contributed by atoms with E-state index in [1.807, 2.05) is 36.4 Å². The molecule has 0 aliphatic heterocycles. The minimum atomic E-state index is 0.0489. The molecule has 0 saturated carbocycles. The molecule has 100 valence electrons. The number of halogens is 1. The van der Waals surface area contributed by atoms with Crippen LogP contribution in [0.2, 0.25) is 0 Å². The number of carbonyl (C=O) groups excluding carboxylic acids is 1. The van der Waals surface area contributed by atoms with Gasteiger partial charge in [-0.25, -0.2) is 0 Å². The summed E-state index contributed by atoms with van der Waals surface area (Å²) in [7, 11) is 0. The Morgan fingerprint density at radius 3 is 2.74 bits per heavy atom. The topological polar surface area (TPSA) is 55.1 Å². The molecule has 0 aliphatic rings. The van der Waals surface area contributed by atoms with Crippen LogP contribution in [-0.4, -0.2) is 5.91 Å². The van der Waals surface area contributed by atoms with Crippen LogP contribution < -0.4 is 11.1 Å². The molecule has 0 radical (unpaired) electrons. The van der Waals surface area contributed by atoms with E-state index in [9.17, 15) is 4.79 Å². The van der Waals surface area contributed by atoms with Gasteiger partial charge < -0.3 is 11.1 Å². The highest BCUT2D eigenvalue weighted by molar-refractivity contribution is 9.11. The predicted molar refractivity (Wildman–Crippen MR) is 83.0 cm³/mol. The first kappa shape index (κ1) is 14.1. The molecule has 0 bridgehead atoms. The molecule has 19 heavy (non-hydrogen) atoms. The molecule has 3 N–H and O–H groups in total. The summed E-state index contributed by atoms with van der Waals surface area (Å²) in [5, 5.41) is 2.91. The number of nitrogens with two attached hydrogens (primary N) is 1. The van der Waals surface area contributed by atoms with Crippen molar-refractivity contribution in [2.24, 2.45) is 0 Å². The summed E-state index contributed by atoms with van der Waals surface area (Å²) < 4.78 is 1.08. The molecule has 5 heteroatoms. The van der Waals surface area contributed by atoms with E-state index in [1.165, 1.54) is 0 Å². The Balaban J connectivity index is 1.77. The van der Waals surface area contributed by atoms with Gasteiger partial charge in [-0.3, -0.25) is 4.79 Å². The fourth-order valence-electron chi connectivity index (χ4n) is 1.73. The molecule has 3 nitrogen and oxygen atoms in total. The number of anilines is 1. The summed E-state index contributed by atoms with van der Waals surface area (Å²) in [6.45, 7) is 0.583. The van der Waals surface area contributed by atoms with E-state index < -0.39 is 0 Å². The van der Waals surface area contributed by atoms with Crippen LogP contribution in [0.15, 0.2) is 40.2 Å². The Morgan fingerprint density at radius 1 is 1.26 bits per heavy atom. The van der Waals surface area contributed by atoms with Gasteiger partial charge in [-0.2, -0.15) is 0 Å². The molecule has 0 atom stereocenters. The van der Waals surface area contributed by atoms with Gasteiger partial charge in [-0.05, 0) is 46.1 Å². The zero-order chi connectivity index (χ0) is 13.7. The largest absolute Gasteiger partial charge is 0.399 e. The second-order valence-corrected chi connectivity index (χ2v) is 6.73. The number of para-hydroxylation sites is 1. The van der Waals surface area contributed by atoms with Gasteiger partial charge in [0.15, 0.2) is 0 Å². The molecule has 2 rings (SSSR count). The summed E-state index contributed by atoms with van der Waals surface area (Å²) in [4.78, 5) is 12.9. The molecule has 1 aromatic heterocycles. The average molecular weight is 339 g/mol. The number of nitrogens with one attached hydrogen (secondary N) is 1. The predicted octanol–water partition coefficient (Wildman–Crippen LogP) is 3.34. The first-order valence-corrected chi connectivity index (χ1v) is 7.60. The minimum Gasteiger partial charge on any atom is -0.399 e. The van der Waals surface area contributed by atoms with E-state index in [0.29, 0.717) is 19.4 Å². The molecule has 0 spiro atoms. The summed E-state index contributed by atoms with van der Waals surface area (Å²) in [6.07, 6.45) is 1.13. The van der Waals surface area contributed by atoms with Gasteiger partial charge in [0, 0.05) is 17.0 Å². The number of nitrogen functional groups attached to an aromatic ring is 1. The Kier molecular flexibility index (Phi) is 4.99. The quantitative estimate of drug-likeness (QED) is 0.821. The van der Waals surface area contributed by atoms with Crippen LogP contribution in [-0.2, 0) is 17.8 Å². The van der Waals surface area contributed by atoms with Gasteiger partial charge in [0.2, 0.25) is 5.91 Å². The van der Waals surface area contributed by atoms with Crippen molar-refractivity contribution in [3.63, 3.8) is 0 Å². The molecular weight excluding hydrogens is 324 g/mol. The Morgan fingerprint density at radius 2 is 2.05 bits per heavy atom. The smallest absolute Gasteiger partial charge is 0.220 e. The average Bonchev–Trinajstić information content (AvgIpc) is 2.81. The molecule has 0 fully saturated rings. The normalized spacial score (nSPS) is 10.4. The summed E-state index contributed by atoms with van der Waals surface area (Å²) in [6, 6.07) is 11.6. The maximum absolute atomic E-state index is 11.7. The highest BCUT2D eigenvalue weighted by atomic mass is 79.9. The molecule has 0 unspecified atom stereocenters. The van der Waals surface area contributed by atoms with Crippen LogP contribution in [0, 0.1) is 0 Å². The van der Waals surface area contributed by atoms with Gasteiger partial charge in [0.1, 0.15) is 0 Å². The Hall–Kier alpha value is -1.33. The van der Waals surface area contributed by atoms with Crippen molar-refractivity contribution in [1.29, 1.82) is 0 Å². The number of aryl methyl sites for hydroxylation is 1. The number of hydrogen-bond donors (Lipinski definition) is 2. The van der Waals surface area contributed by atoms with Crippen LogP contribution in [0.3, 0.4) is 0 Å². The first-order valence-electron chi connectivity index (χ1n) is 5.99. The lowest BCUT2D eigenvalue weighted by molar-refractivity contribution is -0.121. The lowest BCUT2D eigenvalue weighted by atomic mass is 10.1. The van der Waals surface area contributed by atoms with Gasteiger partial charge in [0.05, 0.1) is 10.3 Å². The molecular formula is C14H15BrN2OS. The standard InChI is InChI=1S/C14H15BrN2OS/c15-13-7-6-11(19-13)9-17-14(18)8-5-10-3-1-2-4-12(10)16/h1-4,6-7H,5,8-9,16H2,(H,17,18). The van der Waals surface area contributed by atoms with E-state index in [4.69, 9.17) is 5.73 Å². The maximum atomic E-state index is 11.7. The molecule has 1 aromatic carbocycles. The summed E-state index contributed by atoms with van der Waals surface area (Å²) in [5.74, 6) is 0.0489. The van der Waals surface area contributed by atoms with Gasteiger partial charge >= 0.3 is 0 Å². The van der Waals surface area contributed by atoms with E-state index in [2.05, 4.69) is 21.2 Å². The number of hydrogen-bond acceptors (Lipinski definition) is 3. The lowest BCUT2D eigenvalue weighted by Crippen LogP contribution is -2.22. The van der Waals surface area contributed by atoms with Crippen molar-refractivity contribution in [3.8, 4) is 0 Å². The monoisotopic (exact) mass is 338 g/mol. The van der Waals surface area contributed by atoms with Gasteiger partial charge in [0.25, 0.3) is 0 Å². The van der Waals surface area contributed by atoms with E-state index >= 15 is 0 Å². The third kappa shape index (κ3) is 4.36. The van der Waals surface area contributed by atoms with Crippen molar-refractivity contribution in [2.75, 3.05) is 5.73 Å². The van der Waals surface area contributed by atoms with Crippen molar-refractivity contribution in [2.45, 2.75) is 19.4 Å². The fraction of sp³-hybridized carbons (Fsp3) is 0.214. The SMILES string of the molecule is Nc1ccccc1CCC(=O)NCc1ccc(Br)s1. The fourth-order valence-corrected chi connectivity index (χ4v) is 3.15. The highest BCUT2D eigenvalue weighted by Gasteiger charge is 2.05. The van der Waals surface area contributed by atoms with E-state index in [1.54, 1.807) is 11.3 Å². The van der Waals surface area contributed by atoms with E-state index in [-0.39, 0.29) is 5.91 Å². The zero-order valence-electron chi connectivity index (χ0n) is 10.4.